The number of likely N-dealkylation sites (tertiary alicyclic amines) is 1. The van der Waals surface area contributed by atoms with Gasteiger partial charge in [0.2, 0.25) is 17.7 Å². The topological polar surface area (TPSA) is 160 Å². The van der Waals surface area contributed by atoms with Crippen LogP contribution in [0.25, 0.3) is 0 Å². The van der Waals surface area contributed by atoms with E-state index in [2.05, 4.69) is 29.5 Å². The Labute approximate surface area is 208 Å². The quantitative estimate of drug-likeness (QED) is 0.277. The Bertz CT molecular complexity index is 679. The predicted molar refractivity (Wildman–Crippen MR) is 135 cm³/mol. The van der Waals surface area contributed by atoms with Gasteiger partial charge in [-0.05, 0) is 32.1 Å². The first kappa shape index (κ1) is 32.3. The van der Waals surface area contributed by atoms with E-state index in [1.165, 1.54) is 11.3 Å². The van der Waals surface area contributed by atoms with E-state index in [-0.39, 0.29) is 36.8 Å². The molecule has 0 aromatic carbocycles. The maximum absolute atomic E-state index is 12.3. The minimum atomic E-state index is -1.12. The first-order valence-corrected chi connectivity index (χ1v) is 12.7. The number of carbonyl (C=O) groups is 4. The van der Waals surface area contributed by atoms with Crippen molar-refractivity contribution in [3.05, 3.63) is 0 Å². The highest BCUT2D eigenvalue weighted by molar-refractivity contribution is 5.93. The highest BCUT2D eigenvalue weighted by atomic mass is 19.1. The van der Waals surface area contributed by atoms with Gasteiger partial charge in [0.05, 0.1) is 13.1 Å². The first-order valence-electron chi connectivity index (χ1n) is 12.7. The van der Waals surface area contributed by atoms with Crippen LogP contribution in [0.4, 0.5) is 4.39 Å². The van der Waals surface area contributed by atoms with Crippen molar-refractivity contribution in [1.29, 1.82) is 0 Å². The zero-order chi connectivity index (χ0) is 26.6. The van der Waals surface area contributed by atoms with Crippen molar-refractivity contribution in [3.8, 4) is 0 Å². The molecule has 0 spiro atoms. The third-order valence-electron chi connectivity index (χ3n) is 5.39. The summed E-state index contributed by atoms with van der Waals surface area (Å²) >= 11 is 0. The number of amides is 3. The van der Waals surface area contributed by atoms with Crippen molar-refractivity contribution in [1.82, 2.24) is 15.5 Å². The SMILES string of the molecule is CCC.CCCN=C(N)N.O=C(CF)CNC(=O)C1CCCN1C(=O)CNC(=O)C1CCCCC1. The van der Waals surface area contributed by atoms with Gasteiger partial charge in [0.15, 0.2) is 11.7 Å². The van der Waals surface area contributed by atoms with Crippen LogP contribution in [-0.2, 0) is 19.2 Å². The minimum absolute atomic E-state index is 0.0223. The number of Topliss-reactive ketones (excluding diaryl/α,β-unsaturated/α-hetero) is 1. The lowest BCUT2D eigenvalue weighted by Gasteiger charge is -2.25. The molecule has 1 aliphatic carbocycles. The number of aliphatic imine (C=N–C) groups is 1. The van der Waals surface area contributed by atoms with E-state index in [0.717, 1.165) is 45.1 Å². The predicted octanol–water partition coefficient (Wildman–Crippen LogP) is 1.41. The standard InChI is InChI=1S/C17H26FN3O4.C4H11N3.C3H8/c18-9-13(22)10-19-17(25)14-7-4-8-21(14)15(23)11-20-16(24)12-5-2-1-3-6-12;1-2-3-7-4(5)6;1-3-2/h12,14H,1-11H2,(H,19,25)(H,20,24);2-3H2,1H3,(H4,5,6,7);3H2,1-2H3. The molecule has 1 aliphatic heterocycles. The Morgan fingerprint density at radius 3 is 2.03 bits per heavy atom. The number of alkyl halides is 1. The van der Waals surface area contributed by atoms with E-state index < -0.39 is 24.4 Å². The van der Waals surface area contributed by atoms with Gasteiger partial charge in [-0.1, -0.05) is 46.5 Å². The van der Waals surface area contributed by atoms with Gasteiger partial charge >= 0.3 is 0 Å². The summed E-state index contributed by atoms with van der Waals surface area (Å²) in [6.07, 6.45) is 8.37. The Balaban J connectivity index is 0.000000978. The fraction of sp³-hybridized carbons (Fsp3) is 0.792. The highest BCUT2D eigenvalue weighted by Crippen LogP contribution is 2.23. The van der Waals surface area contributed by atoms with Crippen LogP contribution in [0.15, 0.2) is 4.99 Å². The Hall–Kier alpha value is -2.72. The molecule has 0 aromatic rings. The van der Waals surface area contributed by atoms with Crippen LogP contribution < -0.4 is 22.1 Å². The third kappa shape index (κ3) is 14.3. The van der Waals surface area contributed by atoms with E-state index in [1.807, 2.05) is 6.92 Å². The van der Waals surface area contributed by atoms with Gasteiger partial charge in [0.1, 0.15) is 12.7 Å². The van der Waals surface area contributed by atoms with Gasteiger partial charge < -0.3 is 27.0 Å². The molecule has 1 unspecified atom stereocenters. The molecule has 6 N–H and O–H groups in total. The summed E-state index contributed by atoms with van der Waals surface area (Å²) in [7, 11) is 0. The Morgan fingerprint density at radius 2 is 1.51 bits per heavy atom. The van der Waals surface area contributed by atoms with Gasteiger partial charge in [0.25, 0.3) is 0 Å². The van der Waals surface area contributed by atoms with Crippen LogP contribution in [-0.4, -0.2) is 73.3 Å². The van der Waals surface area contributed by atoms with Crippen LogP contribution in [0.5, 0.6) is 0 Å². The van der Waals surface area contributed by atoms with Crippen molar-refractivity contribution >= 4 is 29.5 Å². The third-order valence-corrected chi connectivity index (χ3v) is 5.39. The van der Waals surface area contributed by atoms with Crippen LogP contribution in [0, 0.1) is 5.92 Å². The molecule has 2 aliphatic rings. The van der Waals surface area contributed by atoms with Gasteiger partial charge in [-0.2, -0.15) is 0 Å². The second kappa shape index (κ2) is 19.6. The van der Waals surface area contributed by atoms with Crippen molar-refractivity contribution < 1.29 is 23.6 Å². The van der Waals surface area contributed by atoms with Gasteiger partial charge in [0, 0.05) is 19.0 Å². The maximum Gasteiger partial charge on any atom is 0.243 e. The van der Waals surface area contributed by atoms with Crippen LogP contribution in [0.2, 0.25) is 0 Å². The molecule has 35 heavy (non-hydrogen) atoms. The first-order chi connectivity index (χ1) is 16.7. The molecule has 1 saturated heterocycles. The van der Waals surface area contributed by atoms with E-state index in [9.17, 15) is 23.6 Å². The molecule has 0 bridgehead atoms. The van der Waals surface area contributed by atoms with Crippen LogP contribution in [0.3, 0.4) is 0 Å². The second-order valence-electron chi connectivity index (χ2n) is 8.70. The average molecular weight is 501 g/mol. The molecular weight excluding hydrogens is 455 g/mol. The zero-order valence-electron chi connectivity index (χ0n) is 21.6. The lowest BCUT2D eigenvalue weighted by atomic mass is 9.89. The summed E-state index contributed by atoms with van der Waals surface area (Å²) in [6, 6.07) is -0.661. The highest BCUT2D eigenvalue weighted by Gasteiger charge is 2.34. The van der Waals surface area contributed by atoms with Crippen molar-refractivity contribution in [2.75, 3.05) is 32.9 Å². The molecule has 1 heterocycles. The number of ketones is 1. The molecule has 0 aromatic heterocycles. The summed E-state index contributed by atoms with van der Waals surface area (Å²) in [5, 5.41) is 5.05. The van der Waals surface area contributed by atoms with Crippen LogP contribution in [0.1, 0.15) is 78.6 Å². The number of nitrogens with zero attached hydrogens (tertiary/aromatic N) is 2. The number of rotatable bonds is 9. The lowest BCUT2D eigenvalue weighted by Crippen LogP contribution is -2.50. The number of guanidine groups is 1. The Morgan fingerprint density at radius 1 is 0.914 bits per heavy atom. The number of hydrogen-bond donors (Lipinski definition) is 4. The number of halogens is 1. The molecule has 202 valence electrons. The molecule has 10 nitrogen and oxygen atoms in total. The van der Waals surface area contributed by atoms with Crippen molar-refractivity contribution in [2.45, 2.75) is 84.6 Å². The number of nitrogens with one attached hydrogen (secondary N) is 2. The molecule has 11 heteroatoms. The van der Waals surface area contributed by atoms with Crippen molar-refractivity contribution in [3.63, 3.8) is 0 Å². The van der Waals surface area contributed by atoms with E-state index in [4.69, 9.17) is 11.5 Å². The molecule has 1 atom stereocenters. The monoisotopic (exact) mass is 500 g/mol. The fourth-order valence-electron chi connectivity index (χ4n) is 3.70. The van der Waals surface area contributed by atoms with Crippen LogP contribution >= 0.6 is 0 Å². The summed E-state index contributed by atoms with van der Waals surface area (Å²) in [6.45, 7) is 5.83. The normalized spacial score (nSPS) is 17.1. The summed E-state index contributed by atoms with van der Waals surface area (Å²) in [5.41, 5.74) is 10.0. The Kier molecular flexibility index (Phi) is 18.1. The van der Waals surface area contributed by atoms with E-state index in [0.29, 0.717) is 19.4 Å². The smallest absolute Gasteiger partial charge is 0.243 e. The van der Waals surface area contributed by atoms with Gasteiger partial charge in [-0.15, -0.1) is 0 Å². The molecule has 2 fully saturated rings. The second-order valence-corrected chi connectivity index (χ2v) is 8.70. The number of hydrogen-bond acceptors (Lipinski definition) is 5. The lowest BCUT2D eigenvalue weighted by molar-refractivity contribution is -0.139. The molecular formula is C24H45FN6O4. The van der Waals surface area contributed by atoms with Crippen molar-refractivity contribution in [2.24, 2.45) is 22.4 Å². The summed E-state index contributed by atoms with van der Waals surface area (Å²) in [5.74, 6) is -1.40. The van der Waals surface area contributed by atoms with Gasteiger partial charge in [-0.3, -0.25) is 24.2 Å². The summed E-state index contributed by atoms with van der Waals surface area (Å²) < 4.78 is 12.1. The molecule has 1 saturated carbocycles. The zero-order valence-corrected chi connectivity index (χ0v) is 21.6. The summed E-state index contributed by atoms with van der Waals surface area (Å²) in [4.78, 5) is 52.7. The number of carbonyl (C=O) groups excluding carboxylic acids is 4. The molecule has 0 radical (unpaired) electrons. The number of nitrogens with two attached hydrogens (primary N) is 2. The largest absolute Gasteiger partial charge is 0.370 e. The van der Waals surface area contributed by atoms with E-state index >= 15 is 0 Å². The molecule has 2 rings (SSSR count). The van der Waals surface area contributed by atoms with Gasteiger partial charge in [-0.25, -0.2) is 4.39 Å². The maximum atomic E-state index is 12.3. The molecule has 3 amide bonds. The van der Waals surface area contributed by atoms with E-state index in [1.54, 1.807) is 0 Å². The minimum Gasteiger partial charge on any atom is -0.370 e. The average Bonchev–Trinajstić information content (AvgIpc) is 3.35. The fourth-order valence-corrected chi connectivity index (χ4v) is 3.70.